The Balaban J connectivity index is 1.84. The standard InChI is InChI=1S/C22H17NO5/c24-20(23-13-14-9-11-15(12-10-14)21(25)26)18-7-3-1-5-16(18)17-6-2-4-8-19(17)22(27)28/h1-12H,13H2,(H,23,24)(H,25,26)(H,27,28). The van der Waals surface area contributed by atoms with Gasteiger partial charge in [0.1, 0.15) is 0 Å². The predicted molar refractivity (Wildman–Crippen MR) is 103 cm³/mol. The summed E-state index contributed by atoms with van der Waals surface area (Å²) < 4.78 is 0. The van der Waals surface area contributed by atoms with E-state index >= 15 is 0 Å². The number of benzene rings is 3. The van der Waals surface area contributed by atoms with Gasteiger partial charge in [0.25, 0.3) is 5.91 Å². The first-order valence-corrected chi connectivity index (χ1v) is 8.49. The molecule has 3 aromatic rings. The molecule has 0 aromatic heterocycles. The van der Waals surface area contributed by atoms with Crippen molar-refractivity contribution in [3.63, 3.8) is 0 Å². The zero-order valence-electron chi connectivity index (χ0n) is 14.8. The van der Waals surface area contributed by atoms with Gasteiger partial charge in [-0.05, 0) is 41.0 Å². The molecule has 0 spiro atoms. The van der Waals surface area contributed by atoms with Crippen molar-refractivity contribution in [1.29, 1.82) is 0 Å². The van der Waals surface area contributed by atoms with E-state index in [0.717, 1.165) is 5.56 Å². The van der Waals surface area contributed by atoms with Gasteiger partial charge < -0.3 is 15.5 Å². The smallest absolute Gasteiger partial charge is 0.336 e. The van der Waals surface area contributed by atoms with Crippen LogP contribution in [-0.4, -0.2) is 28.1 Å². The maximum absolute atomic E-state index is 12.7. The molecule has 0 aliphatic heterocycles. The second-order valence-corrected chi connectivity index (χ2v) is 6.08. The number of nitrogens with one attached hydrogen (secondary N) is 1. The fourth-order valence-corrected chi connectivity index (χ4v) is 2.86. The van der Waals surface area contributed by atoms with Crippen LogP contribution >= 0.6 is 0 Å². The first-order chi connectivity index (χ1) is 13.5. The largest absolute Gasteiger partial charge is 0.478 e. The Morgan fingerprint density at radius 1 is 0.679 bits per heavy atom. The van der Waals surface area contributed by atoms with Crippen LogP contribution in [0, 0.1) is 0 Å². The van der Waals surface area contributed by atoms with Gasteiger partial charge in [-0.25, -0.2) is 9.59 Å². The van der Waals surface area contributed by atoms with E-state index in [1.54, 1.807) is 54.6 Å². The van der Waals surface area contributed by atoms with Gasteiger partial charge in [0, 0.05) is 12.1 Å². The van der Waals surface area contributed by atoms with Crippen LogP contribution in [0.4, 0.5) is 0 Å². The van der Waals surface area contributed by atoms with Gasteiger partial charge in [-0.3, -0.25) is 4.79 Å². The van der Waals surface area contributed by atoms with E-state index in [1.165, 1.54) is 18.2 Å². The van der Waals surface area contributed by atoms with Gasteiger partial charge in [-0.1, -0.05) is 48.5 Å². The van der Waals surface area contributed by atoms with Crippen LogP contribution in [-0.2, 0) is 6.54 Å². The Hall–Kier alpha value is -3.93. The van der Waals surface area contributed by atoms with E-state index in [2.05, 4.69) is 5.32 Å². The van der Waals surface area contributed by atoms with Crippen molar-refractivity contribution in [2.75, 3.05) is 0 Å². The molecule has 3 aromatic carbocycles. The van der Waals surface area contributed by atoms with Crippen molar-refractivity contribution < 1.29 is 24.6 Å². The van der Waals surface area contributed by atoms with Crippen molar-refractivity contribution in [2.45, 2.75) is 6.54 Å². The summed E-state index contributed by atoms with van der Waals surface area (Å²) in [5.74, 6) is -2.43. The highest BCUT2D eigenvalue weighted by Crippen LogP contribution is 2.27. The zero-order valence-corrected chi connectivity index (χ0v) is 14.8. The van der Waals surface area contributed by atoms with Crippen LogP contribution < -0.4 is 5.32 Å². The monoisotopic (exact) mass is 375 g/mol. The molecule has 0 saturated carbocycles. The fourth-order valence-electron chi connectivity index (χ4n) is 2.86. The summed E-state index contributed by atoms with van der Waals surface area (Å²) in [6.45, 7) is 0.216. The second kappa shape index (κ2) is 8.18. The molecule has 28 heavy (non-hydrogen) atoms. The topological polar surface area (TPSA) is 104 Å². The number of aromatic carboxylic acids is 2. The minimum atomic E-state index is -1.07. The van der Waals surface area contributed by atoms with Crippen LogP contribution in [0.2, 0.25) is 0 Å². The van der Waals surface area contributed by atoms with E-state index in [-0.39, 0.29) is 23.6 Å². The van der Waals surface area contributed by atoms with E-state index in [1.807, 2.05) is 0 Å². The zero-order chi connectivity index (χ0) is 20.1. The van der Waals surface area contributed by atoms with E-state index in [9.17, 15) is 19.5 Å². The SMILES string of the molecule is O=C(O)c1ccc(CNC(=O)c2ccccc2-c2ccccc2C(=O)O)cc1. The Labute approximate surface area is 161 Å². The number of carboxylic acids is 2. The highest BCUT2D eigenvalue weighted by Gasteiger charge is 2.17. The Kier molecular flexibility index (Phi) is 5.50. The molecule has 6 heteroatoms. The molecule has 0 aliphatic rings. The summed E-state index contributed by atoms with van der Waals surface area (Å²) in [5, 5.41) is 21.1. The van der Waals surface area contributed by atoms with Crippen LogP contribution in [0.1, 0.15) is 36.6 Å². The number of carbonyl (C=O) groups excluding carboxylic acids is 1. The van der Waals surface area contributed by atoms with Crippen molar-refractivity contribution in [3.8, 4) is 11.1 Å². The number of amides is 1. The summed E-state index contributed by atoms with van der Waals surface area (Å²) in [5.41, 5.74) is 2.39. The van der Waals surface area contributed by atoms with Gasteiger partial charge in [0.15, 0.2) is 0 Å². The number of carboxylic acid groups (broad SMARTS) is 2. The molecular weight excluding hydrogens is 358 g/mol. The van der Waals surface area contributed by atoms with Gasteiger partial charge in [-0.15, -0.1) is 0 Å². The lowest BCUT2D eigenvalue weighted by Gasteiger charge is -2.12. The molecule has 0 saturated heterocycles. The minimum Gasteiger partial charge on any atom is -0.478 e. The average molecular weight is 375 g/mol. The molecule has 0 aliphatic carbocycles. The highest BCUT2D eigenvalue weighted by molar-refractivity contribution is 6.04. The van der Waals surface area contributed by atoms with Crippen molar-refractivity contribution in [1.82, 2.24) is 5.32 Å². The Bertz CT molecular complexity index is 1040. The predicted octanol–water partition coefficient (Wildman–Crippen LogP) is 3.68. The van der Waals surface area contributed by atoms with Crippen molar-refractivity contribution in [3.05, 3.63) is 95.1 Å². The summed E-state index contributed by atoms with van der Waals surface area (Å²) in [6, 6.07) is 19.5. The molecule has 1 amide bonds. The van der Waals surface area contributed by atoms with Gasteiger partial charge in [0.2, 0.25) is 0 Å². The first-order valence-electron chi connectivity index (χ1n) is 8.49. The Morgan fingerprint density at radius 2 is 1.21 bits per heavy atom. The van der Waals surface area contributed by atoms with E-state index < -0.39 is 11.9 Å². The summed E-state index contributed by atoms with van der Waals surface area (Å²) in [6.07, 6.45) is 0. The van der Waals surface area contributed by atoms with Gasteiger partial charge >= 0.3 is 11.9 Å². The lowest BCUT2D eigenvalue weighted by Crippen LogP contribution is -2.23. The first kappa shape index (κ1) is 18.8. The van der Waals surface area contributed by atoms with Crippen LogP contribution in [0.15, 0.2) is 72.8 Å². The second-order valence-electron chi connectivity index (χ2n) is 6.08. The molecular formula is C22H17NO5. The third-order valence-corrected chi connectivity index (χ3v) is 4.27. The number of carbonyl (C=O) groups is 3. The normalized spacial score (nSPS) is 10.3. The van der Waals surface area contributed by atoms with E-state index in [4.69, 9.17) is 5.11 Å². The van der Waals surface area contributed by atoms with Crippen molar-refractivity contribution >= 4 is 17.8 Å². The fraction of sp³-hybridized carbons (Fsp3) is 0.0455. The molecule has 0 atom stereocenters. The molecule has 0 fully saturated rings. The molecule has 3 rings (SSSR count). The van der Waals surface area contributed by atoms with Crippen LogP contribution in [0.25, 0.3) is 11.1 Å². The Morgan fingerprint density at radius 3 is 1.79 bits per heavy atom. The van der Waals surface area contributed by atoms with Gasteiger partial charge in [0.05, 0.1) is 11.1 Å². The summed E-state index contributed by atoms with van der Waals surface area (Å²) in [4.78, 5) is 35.1. The molecule has 0 bridgehead atoms. The molecule has 0 heterocycles. The molecule has 140 valence electrons. The number of hydrogen-bond acceptors (Lipinski definition) is 3. The lowest BCUT2D eigenvalue weighted by atomic mass is 9.95. The molecule has 0 radical (unpaired) electrons. The number of rotatable bonds is 6. The minimum absolute atomic E-state index is 0.118. The van der Waals surface area contributed by atoms with Crippen molar-refractivity contribution in [2.24, 2.45) is 0 Å². The summed E-state index contributed by atoms with van der Waals surface area (Å²) in [7, 11) is 0. The third-order valence-electron chi connectivity index (χ3n) is 4.27. The van der Waals surface area contributed by atoms with Gasteiger partial charge in [-0.2, -0.15) is 0 Å². The molecule has 6 nitrogen and oxygen atoms in total. The third kappa shape index (κ3) is 4.07. The molecule has 3 N–H and O–H groups in total. The maximum Gasteiger partial charge on any atom is 0.336 e. The van der Waals surface area contributed by atoms with Crippen LogP contribution in [0.5, 0.6) is 0 Å². The maximum atomic E-state index is 12.7. The van der Waals surface area contributed by atoms with Crippen LogP contribution in [0.3, 0.4) is 0 Å². The quantitative estimate of drug-likeness (QED) is 0.610. The highest BCUT2D eigenvalue weighted by atomic mass is 16.4. The van der Waals surface area contributed by atoms with E-state index in [0.29, 0.717) is 16.7 Å². The molecule has 0 unspecified atom stereocenters. The number of hydrogen-bond donors (Lipinski definition) is 3. The average Bonchev–Trinajstić information content (AvgIpc) is 2.72. The lowest BCUT2D eigenvalue weighted by molar-refractivity contribution is 0.0686. The summed E-state index contributed by atoms with van der Waals surface area (Å²) >= 11 is 0.